The highest BCUT2D eigenvalue weighted by Gasteiger charge is 2.07. The van der Waals surface area contributed by atoms with Crippen molar-refractivity contribution in [2.24, 2.45) is 0 Å². The van der Waals surface area contributed by atoms with Crippen molar-refractivity contribution < 1.29 is 0 Å². The lowest BCUT2D eigenvalue weighted by Gasteiger charge is -1.98. The predicted octanol–water partition coefficient (Wildman–Crippen LogP) is 2.10. The van der Waals surface area contributed by atoms with Crippen molar-refractivity contribution in [3.05, 3.63) is 48.2 Å². The highest BCUT2D eigenvalue weighted by molar-refractivity contribution is 5.58. The van der Waals surface area contributed by atoms with Gasteiger partial charge in [-0.1, -0.05) is 30.3 Å². The second-order valence-electron chi connectivity index (χ2n) is 3.69. The zero-order chi connectivity index (χ0) is 11.0. The molecule has 0 radical (unpaired) electrons. The largest absolute Gasteiger partial charge is 0.193 e. The zero-order valence-electron chi connectivity index (χ0n) is 8.83. The van der Waals surface area contributed by atoms with Crippen LogP contribution in [0.5, 0.6) is 0 Å². The number of aromatic nitrogens is 4. The molecule has 0 aliphatic rings. The standard InChI is InChI=1S/C12H10N4/c1-9-7-11-14-15-12(16(11)13-8-9)10-5-3-2-4-6-10/h2-8H,1H3. The minimum absolute atomic E-state index is 0.774. The Morgan fingerprint density at radius 3 is 2.69 bits per heavy atom. The van der Waals surface area contributed by atoms with Gasteiger partial charge in [0.1, 0.15) is 0 Å². The fourth-order valence-corrected chi connectivity index (χ4v) is 1.65. The van der Waals surface area contributed by atoms with Gasteiger partial charge in [-0.05, 0) is 18.6 Å². The van der Waals surface area contributed by atoms with E-state index in [1.165, 1.54) is 0 Å². The second-order valence-corrected chi connectivity index (χ2v) is 3.69. The van der Waals surface area contributed by atoms with E-state index in [1.807, 2.05) is 49.5 Å². The van der Waals surface area contributed by atoms with Crippen LogP contribution in [0.3, 0.4) is 0 Å². The summed E-state index contributed by atoms with van der Waals surface area (Å²) in [5.41, 5.74) is 2.88. The molecule has 16 heavy (non-hydrogen) atoms. The highest BCUT2D eigenvalue weighted by Crippen LogP contribution is 2.16. The highest BCUT2D eigenvalue weighted by atomic mass is 15.4. The molecule has 0 amide bonds. The average Bonchev–Trinajstić information content (AvgIpc) is 2.73. The molecule has 0 aliphatic heterocycles. The maximum absolute atomic E-state index is 4.31. The van der Waals surface area contributed by atoms with Crippen LogP contribution in [0.1, 0.15) is 5.56 Å². The molecule has 0 spiro atoms. The predicted molar refractivity (Wildman–Crippen MR) is 61.0 cm³/mol. The first kappa shape index (κ1) is 9.03. The molecule has 4 heteroatoms. The van der Waals surface area contributed by atoms with Gasteiger partial charge in [-0.15, -0.1) is 10.2 Å². The van der Waals surface area contributed by atoms with Gasteiger partial charge < -0.3 is 0 Å². The molecular formula is C12H10N4. The SMILES string of the molecule is Cc1cnn2c(-c3ccccc3)nnc2c1. The molecule has 0 N–H and O–H groups in total. The van der Waals surface area contributed by atoms with E-state index in [2.05, 4.69) is 15.3 Å². The molecule has 1 aromatic carbocycles. The van der Waals surface area contributed by atoms with Crippen LogP contribution in [0, 0.1) is 6.92 Å². The van der Waals surface area contributed by atoms with Gasteiger partial charge in [-0.3, -0.25) is 0 Å². The van der Waals surface area contributed by atoms with Crippen LogP contribution in [0.25, 0.3) is 17.0 Å². The summed E-state index contributed by atoms with van der Waals surface area (Å²) in [5, 5.41) is 12.6. The van der Waals surface area contributed by atoms with Crippen LogP contribution in [0.4, 0.5) is 0 Å². The monoisotopic (exact) mass is 210 g/mol. The summed E-state index contributed by atoms with van der Waals surface area (Å²) >= 11 is 0. The van der Waals surface area contributed by atoms with Crippen LogP contribution in [-0.2, 0) is 0 Å². The van der Waals surface area contributed by atoms with E-state index < -0.39 is 0 Å². The third kappa shape index (κ3) is 1.35. The van der Waals surface area contributed by atoms with Gasteiger partial charge >= 0.3 is 0 Å². The van der Waals surface area contributed by atoms with Crippen LogP contribution in [-0.4, -0.2) is 19.8 Å². The summed E-state index contributed by atoms with van der Waals surface area (Å²) < 4.78 is 1.75. The summed E-state index contributed by atoms with van der Waals surface area (Å²) in [7, 11) is 0. The number of hydrogen-bond acceptors (Lipinski definition) is 3. The lowest BCUT2D eigenvalue weighted by Crippen LogP contribution is -1.94. The van der Waals surface area contributed by atoms with Crippen molar-refractivity contribution in [1.29, 1.82) is 0 Å². The van der Waals surface area contributed by atoms with Crippen LogP contribution in [0.2, 0.25) is 0 Å². The molecule has 2 aromatic heterocycles. The van der Waals surface area contributed by atoms with Crippen molar-refractivity contribution >= 4 is 5.65 Å². The Morgan fingerprint density at radius 2 is 1.88 bits per heavy atom. The van der Waals surface area contributed by atoms with E-state index >= 15 is 0 Å². The minimum Gasteiger partial charge on any atom is -0.193 e. The summed E-state index contributed by atoms with van der Waals surface area (Å²) in [6.45, 7) is 1.99. The van der Waals surface area contributed by atoms with Gasteiger partial charge in [-0.25, -0.2) is 0 Å². The molecule has 0 aliphatic carbocycles. The van der Waals surface area contributed by atoms with Crippen molar-refractivity contribution in [3.63, 3.8) is 0 Å². The fourth-order valence-electron chi connectivity index (χ4n) is 1.65. The molecule has 4 nitrogen and oxygen atoms in total. The number of rotatable bonds is 1. The topological polar surface area (TPSA) is 43.1 Å². The van der Waals surface area contributed by atoms with Gasteiger partial charge in [0.15, 0.2) is 11.5 Å². The molecule has 3 rings (SSSR count). The summed E-state index contributed by atoms with van der Waals surface area (Å²) in [6, 6.07) is 11.9. The maximum Gasteiger partial charge on any atom is 0.185 e. The first-order chi connectivity index (χ1) is 7.84. The molecule has 0 unspecified atom stereocenters. The lowest BCUT2D eigenvalue weighted by molar-refractivity contribution is 0.927. The summed E-state index contributed by atoms with van der Waals surface area (Å²) in [4.78, 5) is 0. The van der Waals surface area contributed by atoms with E-state index in [1.54, 1.807) is 4.52 Å². The molecule has 0 atom stereocenters. The molecule has 2 heterocycles. The summed E-state index contributed by atoms with van der Waals surface area (Å²) in [5.74, 6) is 0.774. The molecule has 3 aromatic rings. The van der Waals surface area contributed by atoms with Gasteiger partial charge in [-0.2, -0.15) is 9.61 Å². The lowest BCUT2D eigenvalue weighted by atomic mass is 10.2. The van der Waals surface area contributed by atoms with E-state index in [9.17, 15) is 0 Å². The Bertz CT molecular complexity index is 628. The minimum atomic E-state index is 0.774. The first-order valence-electron chi connectivity index (χ1n) is 5.08. The zero-order valence-corrected chi connectivity index (χ0v) is 8.83. The third-order valence-electron chi connectivity index (χ3n) is 2.43. The van der Waals surface area contributed by atoms with Gasteiger partial charge in [0.2, 0.25) is 0 Å². The molecule has 78 valence electrons. The molecule has 0 bridgehead atoms. The second kappa shape index (κ2) is 3.41. The number of nitrogens with zero attached hydrogens (tertiary/aromatic N) is 4. The maximum atomic E-state index is 4.31. The Morgan fingerprint density at radius 1 is 1.06 bits per heavy atom. The van der Waals surface area contributed by atoms with Gasteiger partial charge in [0, 0.05) is 5.56 Å². The molecular weight excluding hydrogens is 200 g/mol. The van der Waals surface area contributed by atoms with Crippen molar-refractivity contribution in [2.45, 2.75) is 6.92 Å². The van der Waals surface area contributed by atoms with E-state index in [0.717, 1.165) is 22.6 Å². The summed E-state index contributed by atoms with van der Waals surface area (Å²) in [6.07, 6.45) is 1.81. The van der Waals surface area contributed by atoms with Crippen molar-refractivity contribution in [3.8, 4) is 11.4 Å². The van der Waals surface area contributed by atoms with Gasteiger partial charge in [0.05, 0.1) is 6.20 Å². The Kier molecular flexibility index (Phi) is 1.93. The number of hydrogen-bond donors (Lipinski definition) is 0. The Balaban J connectivity index is 2.26. The molecule has 0 saturated heterocycles. The quantitative estimate of drug-likeness (QED) is 0.617. The smallest absolute Gasteiger partial charge is 0.185 e. The number of aryl methyl sites for hydroxylation is 1. The van der Waals surface area contributed by atoms with Crippen LogP contribution in [0.15, 0.2) is 42.6 Å². The third-order valence-corrected chi connectivity index (χ3v) is 2.43. The average molecular weight is 210 g/mol. The molecule has 0 saturated carbocycles. The van der Waals surface area contributed by atoms with Crippen LogP contribution >= 0.6 is 0 Å². The number of fused-ring (bicyclic) bond motifs is 1. The molecule has 0 fully saturated rings. The Hall–Kier alpha value is -2.23. The Labute approximate surface area is 92.6 Å². The van der Waals surface area contributed by atoms with Crippen molar-refractivity contribution in [2.75, 3.05) is 0 Å². The van der Waals surface area contributed by atoms with Gasteiger partial charge in [0.25, 0.3) is 0 Å². The first-order valence-corrected chi connectivity index (χ1v) is 5.08. The van der Waals surface area contributed by atoms with E-state index in [4.69, 9.17) is 0 Å². The normalized spacial score (nSPS) is 10.8. The fraction of sp³-hybridized carbons (Fsp3) is 0.0833. The van der Waals surface area contributed by atoms with E-state index in [0.29, 0.717) is 0 Å². The van der Waals surface area contributed by atoms with Crippen LogP contribution < -0.4 is 0 Å². The van der Waals surface area contributed by atoms with Crippen molar-refractivity contribution in [1.82, 2.24) is 19.8 Å². The number of benzene rings is 1. The van der Waals surface area contributed by atoms with E-state index in [-0.39, 0.29) is 0 Å².